The number of carbonyl (C=O) groups is 1. The lowest BCUT2D eigenvalue weighted by Crippen LogP contribution is -2.28. The molecular weight excluding hydrogens is 264 g/mol. The van der Waals surface area contributed by atoms with Gasteiger partial charge in [-0.1, -0.05) is 38.1 Å². The smallest absolute Gasteiger partial charge is 0.292 e. The zero-order valence-electron chi connectivity index (χ0n) is 12.9. The molecule has 0 bridgehead atoms. The van der Waals surface area contributed by atoms with Crippen molar-refractivity contribution in [2.45, 2.75) is 40.2 Å². The van der Waals surface area contributed by atoms with Crippen molar-refractivity contribution in [3.63, 3.8) is 0 Å². The highest BCUT2D eigenvalue weighted by molar-refractivity contribution is 5.95. The number of Topliss-reactive ketones (excluding diaryl/α,β-unsaturated/α-hetero) is 1. The van der Waals surface area contributed by atoms with Crippen molar-refractivity contribution >= 4 is 5.78 Å². The van der Waals surface area contributed by atoms with E-state index in [1.807, 2.05) is 31.2 Å². The van der Waals surface area contributed by atoms with Gasteiger partial charge in [0, 0.05) is 17.0 Å². The molecule has 0 aliphatic heterocycles. The molecule has 0 fully saturated rings. The predicted molar refractivity (Wildman–Crippen MR) is 82.8 cm³/mol. The molecule has 0 saturated heterocycles. The third-order valence-corrected chi connectivity index (χ3v) is 3.55. The largest absolute Gasteiger partial charge is 0.348 e. The molecule has 4 nitrogen and oxygen atoms in total. The van der Waals surface area contributed by atoms with Gasteiger partial charge in [-0.3, -0.25) is 9.36 Å². The molecule has 1 aromatic carbocycles. The Hall–Kier alpha value is -2.23. The van der Waals surface area contributed by atoms with E-state index >= 15 is 0 Å². The first-order valence-electron chi connectivity index (χ1n) is 7.06. The summed E-state index contributed by atoms with van der Waals surface area (Å²) >= 11 is 0. The molecule has 0 N–H and O–H groups in total. The molecule has 0 atom stereocenters. The minimum Gasteiger partial charge on any atom is -0.292 e. The number of ketones is 1. The van der Waals surface area contributed by atoms with Crippen molar-refractivity contribution in [3.8, 4) is 0 Å². The van der Waals surface area contributed by atoms with Crippen molar-refractivity contribution in [3.05, 3.63) is 63.3 Å². The van der Waals surface area contributed by atoms with E-state index in [9.17, 15) is 9.59 Å². The van der Waals surface area contributed by atoms with Gasteiger partial charge in [0.25, 0.3) is 0 Å². The highest BCUT2D eigenvalue weighted by atomic mass is 16.2. The van der Waals surface area contributed by atoms with Crippen molar-refractivity contribution in [1.82, 2.24) is 9.55 Å². The minimum atomic E-state index is -0.375. The van der Waals surface area contributed by atoms with E-state index in [1.54, 1.807) is 13.0 Å². The molecule has 4 heteroatoms. The first-order chi connectivity index (χ1) is 9.88. The SMILES string of the molecule is Cc1cc(C)n(CC(=O)c2ccc(C(C)C)cc2)c(=O)n1. The van der Waals surface area contributed by atoms with Crippen LogP contribution in [-0.2, 0) is 6.54 Å². The van der Waals surface area contributed by atoms with Crippen molar-refractivity contribution in [2.24, 2.45) is 0 Å². The van der Waals surface area contributed by atoms with Gasteiger partial charge in [-0.15, -0.1) is 0 Å². The summed E-state index contributed by atoms with van der Waals surface area (Å²) in [4.78, 5) is 28.0. The Morgan fingerprint density at radius 1 is 1.19 bits per heavy atom. The van der Waals surface area contributed by atoms with Gasteiger partial charge >= 0.3 is 5.69 Å². The standard InChI is InChI=1S/C17H20N2O2/c1-11(2)14-5-7-15(8-6-14)16(20)10-19-13(4)9-12(3)18-17(19)21/h5-9,11H,10H2,1-4H3. The Balaban J connectivity index is 2.24. The first-order valence-corrected chi connectivity index (χ1v) is 7.06. The van der Waals surface area contributed by atoms with Crippen molar-refractivity contribution in [2.75, 3.05) is 0 Å². The van der Waals surface area contributed by atoms with Crippen LogP contribution in [-0.4, -0.2) is 15.3 Å². The number of benzene rings is 1. The Bertz CT molecular complexity index is 713. The summed E-state index contributed by atoms with van der Waals surface area (Å²) in [5.74, 6) is 0.349. The normalized spacial score (nSPS) is 10.9. The van der Waals surface area contributed by atoms with Crippen LogP contribution in [0.1, 0.15) is 47.1 Å². The van der Waals surface area contributed by atoms with Gasteiger partial charge in [-0.05, 0) is 31.4 Å². The average molecular weight is 284 g/mol. The number of aryl methyl sites for hydroxylation is 2. The number of hydrogen-bond acceptors (Lipinski definition) is 3. The molecule has 2 rings (SSSR count). The Kier molecular flexibility index (Phi) is 4.36. The second kappa shape index (κ2) is 6.04. The van der Waals surface area contributed by atoms with Crippen LogP contribution >= 0.6 is 0 Å². The molecule has 110 valence electrons. The van der Waals surface area contributed by atoms with Crippen LogP contribution in [0, 0.1) is 13.8 Å². The fourth-order valence-corrected chi connectivity index (χ4v) is 2.26. The first kappa shape index (κ1) is 15.2. The summed E-state index contributed by atoms with van der Waals surface area (Å²) in [7, 11) is 0. The molecule has 0 spiro atoms. The lowest BCUT2D eigenvalue weighted by atomic mass is 10.0. The van der Waals surface area contributed by atoms with Gasteiger partial charge in [0.1, 0.15) is 0 Å². The van der Waals surface area contributed by atoms with E-state index in [1.165, 1.54) is 10.1 Å². The minimum absolute atomic E-state index is 0.0268. The van der Waals surface area contributed by atoms with Crippen molar-refractivity contribution < 1.29 is 4.79 Å². The fraction of sp³-hybridized carbons (Fsp3) is 0.353. The van der Waals surface area contributed by atoms with Gasteiger partial charge < -0.3 is 0 Å². The van der Waals surface area contributed by atoms with Crippen molar-refractivity contribution in [1.29, 1.82) is 0 Å². The van der Waals surface area contributed by atoms with Crippen LogP contribution in [0.25, 0.3) is 0 Å². The summed E-state index contributed by atoms with van der Waals surface area (Å²) in [5, 5.41) is 0. The van der Waals surface area contributed by atoms with Gasteiger partial charge in [0.15, 0.2) is 5.78 Å². The predicted octanol–water partition coefficient (Wildman–Crippen LogP) is 2.87. The summed E-state index contributed by atoms with van der Waals surface area (Å²) < 4.78 is 1.41. The molecule has 0 amide bonds. The van der Waals surface area contributed by atoms with E-state index in [0.29, 0.717) is 17.2 Å². The number of rotatable bonds is 4. The second-order valence-corrected chi connectivity index (χ2v) is 5.61. The molecule has 0 radical (unpaired) electrons. The maximum absolute atomic E-state index is 12.3. The monoisotopic (exact) mass is 284 g/mol. The summed E-state index contributed by atoms with van der Waals surface area (Å²) in [6.07, 6.45) is 0. The lowest BCUT2D eigenvalue weighted by Gasteiger charge is -2.10. The van der Waals surface area contributed by atoms with E-state index in [0.717, 1.165) is 5.69 Å². The lowest BCUT2D eigenvalue weighted by molar-refractivity contribution is 0.0969. The average Bonchev–Trinajstić information content (AvgIpc) is 2.42. The molecule has 0 saturated carbocycles. The van der Waals surface area contributed by atoms with Gasteiger partial charge in [0.05, 0.1) is 6.54 Å². The fourth-order valence-electron chi connectivity index (χ4n) is 2.26. The maximum atomic E-state index is 12.3. The van der Waals surface area contributed by atoms with Crippen LogP contribution < -0.4 is 5.69 Å². The van der Waals surface area contributed by atoms with Crippen LogP contribution in [0.4, 0.5) is 0 Å². The van der Waals surface area contributed by atoms with E-state index in [-0.39, 0.29) is 18.0 Å². The van der Waals surface area contributed by atoms with Crippen LogP contribution in [0.2, 0.25) is 0 Å². The molecule has 1 aromatic heterocycles. The van der Waals surface area contributed by atoms with E-state index in [2.05, 4.69) is 18.8 Å². The van der Waals surface area contributed by atoms with Crippen LogP contribution in [0.3, 0.4) is 0 Å². The number of carbonyl (C=O) groups excluding carboxylic acids is 1. The highest BCUT2D eigenvalue weighted by Crippen LogP contribution is 2.15. The number of hydrogen-bond donors (Lipinski definition) is 0. The van der Waals surface area contributed by atoms with Gasteiger partial charge in [0.2, 0.25) is 0 Å². The number of aromatic nitrogens is 2. The Morgan fingerprint density at radius 3 is 2.33 bits per heavy atom. The zero-order chi connectivity index (χ0) is 15.6. The van der Waals surface area contributed by atoms with Gasteiger partial charge in [-0.25, -0.2) is 4.79 Å². The zero-order valence-corrected chi connectivity index (χ0v) is 12.9. The molecular formula is C17H20N2O2. The number of nitrogens with zero attached hydrogens (tertiary/aromatic N) is 2. The molecule has 0 aliphatic rings. The topological polar surface area (TPSA) is 52.0 Å². The molecule has 21 heavy (non-hydrogen) atoms. The molecule has 2 aromatic rings. The molecule has 0 unspecified atom stereocenters. The highest BCUT2D eigenvalue weighted by Gasteiger charge is 2.11. The third kappa shape index (κ3) is 3.45. The second-order valence-electron chi connectivity index (χ2n) is 5.61. The summed E-state index contributed by atoms with van der Waals surface area (Å²) in [6.45, 7) is 7.82. The van der Waals surface area contributed by atoms with Crippen LogP contribution in [0.5, 0.6) is 0 Å². The summed E-state index contributed by atoms with van der Waals surface area (Å²) in [6, 6.07) is 9.36. The molecule has 1 heterocycles. The van der Waals surface area contributed by atoms with Crippen LogP contribution in [0.15, 0.2) is 35.1 Å². The quantitative estimate of drug-likeness (QED) is 0.811. The Morgan fingerprint density at radius 2 is 1.81 bits per heavy atom. The van der Waals surface area contributed by atoms with Gasteiger partial charge in [-0.2, -0.15) is 4.98 Å². The van der Waals surface area contributed by atoms with E-state index in [4.69, 9.17) is 0 Å². The third-order valence-electron chi connectivity index (χ3n) is 3.55. The Labute approximate surface area is 124 Å². The van der Waals surface area contributed by atoms with E-state index < -0.39 is 0 Å². The summed E-state index contributed by atoms with van der Waals surface area (Å²) in [5.41, 5.74) is 2.85. The maximum Gasteiger partial charge on any atom is 0.348 e. The molecule has 0 aliphatic carbocycles.